The maximum absolute atomic E-state index is 12.9. The van der Waals surface area contributed by atoms with Crippen molar-refractivity contribution < 1.29 is 4.79 Å². The third-order valence-corrected chi connectivity index (χ3v) is 5.95. The highest BCUT2D eigenvalue weighted by molar-refractivity contribution is 5.94. The van der Waals surface area contributed by atoms with E-state index in [-0.39, 0.29) is 11.5 Å². The van der Waals surface area contributed by atoms with Gasteiger partial charge < -0.3 is 9.47 Å². The van der Waals surface area contributed by atoms with Gasteiger partial charge in [-0.2, -0.15) is 0 Å². The quantitative estimate of drug-likeness (QED) is 0.838. The molecule has 2 aliphatic rings. The van der Waals surface area contributed by atoms with Gasteiger partial charge in [0.05, 0.1) is 0 Å². The maximum atomic E-state index is 12.9. The number of benzene rings is 1. The average Bonchev–Trinajstić information content (AvgIpc) is 2.97. The van der Waals surface area contributed by atoms with Gasteiger partial charge >= 0.3 is 0 Å². The van der Waals surface area contributed by atoms with Crippen LogP contribution in [-0.2, 0) is 19.4 Å². The van der Waals surface area contributed by atoms with Gasteiger partial charge in [0.1, 0.15) is 0 Å². The van der Waals surface area contributed by atoms with E-state index in [1.807, 2.05) is 11.8 Å². The summed E-state index contributed by atoms with van der Waals surface area (Å²) in [4.78, 5) is 29.4. The summed E-state index contributed by atoms with van der Waals surface area (Å²) in [5.41, 5.74) is 3.34. The zero-order chi connectivity index (χ0) is 18.8. The van der Waals surface area contributed by atoms with Crippen molar-refractivity contribution in [2.24, 2.45) is 0 Å². The minimum atomic E-state index is -0.108. The van der Waals surface area contributed by atoms with Gasteiger partial charge in [-0.1, -0.05) is 24.3 Å². The van der Waals surface area contributed by atoms with E-state index >= 15 is 0 Å². The molecule has 2 heterocycles. The fraction of sp³-hybridized carbons (Fsp3) is 0.455. The predicted octanol–water partition coefficient (Wildman–Crippen LogP) is 2.18. The van der Waals surface area contributed by atoms with Crippen molar-refractivity contribution in [3.63, 3.8) is 0 Å². The number of hydrogen-bond acceptors (Lipinski definition) is 3. The molecule has 1 amide bonds. The van der Waals surface area contributed by atoms with Crippen LogP contribution in [0, 0.1) is 0 Å². The standard InChI is InChI=1S/C22H27N3O2/c1-2-23-11-8-19(16-21(23)26)22(27)25-10-5-9-24(12-13-25)20-14-17-6-3-4-7-18(17)15-20/h3-4,6-8,11,16,20H,2,5,9-10,12-15H2,1H3. The van der Waals surface area contributed by atoms with Gasteiger partial charge in [-0.15, -0.1) is 0 Å². The number of aromatic nitrogens is 1. The van der Waals surface area contributed by atoms with Crippen LogP contribution in [0.3, 0.4) is 0 Å². The highest BCUT2D eigenvalue weighted by Gasteiger charge is 2.29. The first kappa shape index (κ1) is 18.0. The first-order valence-corrected chi connectivity index (χ1v) is 9.96. The molecule has 0 radical (unpaired) electrons. The Bertz CT molecular complexity index is 864. The summed E-state index contributed by atoms with van der Waals surface area (Å²) in [6.45, 7) is 5.95. The van der Waals surface area contributed by atoms with E-state index in [4.69, 9.17) is 0 Å². The van der Waals surface area contributed by atoms with E-state index in [0.29, 0.717) is 18.2 Å². The van der Waals surface area contributed by atoms with Crippen LogP contribution in [0.4, 0.5) is 0 Å². The van der Waals surface area contributed by atoms with Crippen LogP contribution in [-0.4, -0.2) is 52.5 Å². The number of carbonyl (C=O) groups is 1. The summed E-state index contributed by atoms with van der Waals surface area (Å²) in [6, 6.07) is 12.5. The van der Waals surface area contributed by atoms with Crippen molar-refractivity contribution in [1.82, 2.24) is 14.4 Å². The summed E-state index contributed by atoms with van der Waals surface area (Å²) in [5, 5.41) is 0. The summed E-state index contributed by atoms with van der Waals surface area (Å²) >= 11 is 0. The molecule has 1 aromatic heterocycles. The number of pyridine rings is 1. The summed E-state index contributed by atoms with van der Waals surface area (Å²) in [7, 11) is 0. The first-order chi connectivity index (χ1) is 13.2. The zero-order valence-electron chi connectivity index (χ0n) is 15.9. The van der Waals surface area contributed by atoms with Crippen LogP contribution in [0.15, 0.2) is 47.4 Å². The van der Waals surface area contributed by atoms with Gasteiger partial charge in [-0.05, 0) is 43.4 Å². The van der Waals surface area contributed by atoms with Gasteiger partial charge in [0.25, 0.3) is 11.5 Å². The Morgan fingerprint density at radius 3 is 2.44 bits per heavy atom. The van der Waals surface area contributed by atoms with Crippen LogP contribution >= 0.6 is 0 Å². The molecule has 5 heteroatoms. The highest BCUT2D eigenvalue weighted by Crippen LogP contribution is 2.26. The largest absolute Gasteiger partial charge is 0.337 e. The second kappa shape index (κ2) is 7.69. The molecule has 1 saturated heterocycles. The number of rotatable bonds is 3. The lowest BCUT2D eigenvalue weighted by Gasteiger charge is -2.27. The molecule has 1 aliphatic heterocycles. The van der Waals surface area contributed by atoms with Crippen molar-refractivity contribution in [2.75, 3.05) is 26.2 Å². The lowest BCUT2D eigenvalue weighted by Crippen LogP contribution is -2.40. The Hall–Kier alpha value is -2.40. The van der Waals surface area contributed by atoms with Gasteiger partial charge in [-0.25, -0.2) is 0 Å². The minimum Gasteiger partial charge on any atom is -0.337 e. The molecule has 0 saturated carbocycles. The average molecular weight is 365 g/mol. The van der Waals surface area contributed by atoms with Gasteiger partial charge in [-0.3, -0.25) is 14.5 Å². The smallest absolute Gasteiger partial charge is 0.254 e. The number of carbonyl (C=O) groups excluding carboxylic acids is 1. The van der Waals surface area contributed by atoms with E-state index in [1.54, 1.807) is 16.8 Å². The summed E-state index contributed by atoms with van der Waals surface area (Å²) in [5.74, 6) is -0.0214. The van der Waals surface area contributed by atoms with Crippen molar-refractivity contribution in [1.29, 1.82) is 0 Å². The molecule has 0 N–H and O–H groups in total. The highest BCUT2D eigenvalue weighted by atomic mass is 16.2. The van der Waals surface area contributed by atoms with E-state index in [1.165, 1.54) is 17.2 Å². The summed E-state index contributed by atoms with van der Waals surface area (Å²) < 4.78 is 1.61. The van der Waals surface area contributed by atoms with Gasteiger partial charge in [0.15, 0.2) is 0 Å². The lowest BCUT2D eigenvalue weighted by molar-refractivity contribution is 0.0758. The van der Waals surface area contributed by atoms with Crippen molar-refractivity contribution >= 4 is 5.91 Å². The molecule has 27 heavy (non-hydrogen) atoms. The molecule has 0 spiro atoms. The maximum Gasteiger partial charge on any atom is 0.254 e. The Balaban J connectivity index is 1.41. The van der Waals surface area contributed by atoms with Crippen LogP contribution < -0.4 is 5.56 Å². The zero-order valence-corrected chi connectivity index (χ0v) is 15.9. The van der Waals surface area contributed by atoms with Crippen LogP contribution in [0.2, 0.25) is 0 Å². The fourth-order valence-corrected chi connectivity index (χ4v) is 4.38. The van der Waals surface area contributed by atoms with Gasteiger partial charge in [0.2, 0.25) is 0 Å². The van der Waals surface area contributed by atoms with Crippen LogP contribution in [0.5, 0.6) is 0 Å². The number of fused-ring (bicyclic) bond motifs is 1. The monoisotopic (exact) mass is 365 g/mol. The number of amides is 1. The molecule has 0 atom stereocenters. The van der Waals surface area contributed by atoms with Crippen molar-refractivity contribution in [3.05, 3.63) is 69.6 Å². The molecule has 0 bridgehead atoms. The lowest BCUT2D eigenvalue weighted by atomic mass is 10.1. The van der Waals surface area contributed by atoms with E-state index in [2.05, 4.69) is 29.2 Å². The van der Waals surface area contributed by atoms with E-state index < -0.39 is 0 Å². The second-order valence-electron chi connectivity index (χ2n) is 7.55. The van der Waals surface area contributed by atoms with Crippen molar-refractivity contribution in [2.45, 2.75) is 38.8 Å². The molecule has 0 unspecified atom stereocenters. The van der Waals surface area contributed by atoms with Gasteiger partial charge in [0, 0.05) is 56.6 Å². The minimum absolute atomic E-state index is 0.0214. The number of hydrogen-bond donors (Lipinski definition) is 0. The third kappa shape index (κ3) is 3.69. The SMILES string of the molecule is CCn1ccc(C(=O)N2CCCN(C3Cc4ccccc4C3)CC2)cc1=O. The Kier molecular flexibility index (Phi) is 5.12. The molecule has 1 fully saturated rings. The topological polar surface area (TPSA) is 45.6 Å². The molecule has 142 valence electrons. The normalized spacial score (nSPS) is 18.3. The molecule has 5 nitrogen and oxygen atoms in total. The summed E-state index contributed by atoms with van der Waals surface area (Å²) in [6.07, 6.45) is 4.92. The Labute approximate surface area is 160 Å². The Morgan fingerprint density at radius 2 is 1.78 bits per heavy atom. The van der Waals surface area contributed by atoms with E-state index in [9.17, 15) is 9.59 Å². The van der Waals surface area contributed by atoms with E-state index in [0.717, 1.165) is 45.4 Å². The Morgan fingerprint density at radius 1 is 1.04 bits per heavy atom. The first-order valence-electron chi connectivity index (χ1n) is 9.96. The van der Waals surface area contributed by atoms with Crippen LogP contribution in [0.25, 0.3) is 0 Å². The van der Waals surface area contributed by atoms with Crippen molar-refractivity contribution in [3.8, 4) is 0 Å². The predicted molar refractivity (Wildman–Crippen MR) is 106 cm³/mol. The molecule has 1 aliphatic carbocycles. The fourth-order valence-electron chi connectivity index (χ4n) is 4.38. The molecule has 2 aromatic rings. The second-order valence-corrected chi connectivity index (χ2v) is 7.55. The molecule has 4 rings (SSSR count). The van der Waals surface area contributed by atoms with Crippen LogP contribution in [0.1, 0.15) is 34.8 Å². The third-order valence-electron chi connectivity index (χ3n) is 5.95. The number of aryl methyl sites for hydroxylation is 1. The molecule has 1 aromatic carbocycles. The molecular weight excluding hydrogens is 338 g/mol. The number of nitrogens with zero attached hydrogens (tertiary/aromatic N) is 3. The molecular formula is C22H27N3O2.